The van der Waals surface area contributed by atoms with Crippen molar-refractivity contribution < 1.29 is 4.74 Å². The van der Waals surface area contributed by atoms with Gasteiger partial charge < -0.3 is 9.30 Å². The van der Waals surface area contributed by atoms with E-state index >= 15 is 0 Å². The molecule has 0 bridgehead atoms. The lowest BCUT2D eigenvalue weighted by Crippen LogP contribution is -2.05. The molecule has 0 amide bonds. The highest BCUT2D eigenvalue weighted by Crippen LogP contribution is 2.36. The number of hydrogen-bond donors (Lipinski definition) is 0. The quantitative estimate of drug-likeness (QED) is 0.424. The molecule has 1 heterocycles. The normalized spacial score (nSPS) is 11.3. The molecule has 0 aliphatic carbocycles. The first-order valence-electron chi connectivity index (χ1n) is 8.75. The second kappa shape index (κ2) is 9.16. The van der Waals surface area contributed by atoms with Crippen molar-refractivity contribution >= 4 is 35.0 Å². The van der Waals surface area contributed by atoms with Gasteiger partial charge >= 0.3 is 0 Å². The van der Waals surface area contributed by atoms with E-state index in [1.807, 2.05) is 37.4 Å². The Hall–Kier alpha value is -1.46. The average Bonchev–Trinajstić information content (AvgIpc) is 2.90. The van der Waals surface area contributed by atoms with Crippen molar-refractivity contribution in [3.8, 4) is 0 Å². The van der Waals surface area contributed by atoms with Gasteiger partial charge in [-0.3, -0.25) is 0 Å². The Kier molecular flexibility index (Phi) is 6.88. The zero-order valence-electron chi connectivity index (χ0n) is 15.6. The second-order valence-corrected chi connectivity index (χ2v) is 8.55. The van der Waals surface area contributed by atoms with Crippen LogP contribution >= 0.6 is 35.0 Å². The topological polar surface area (TPSA) is 27.1 Å². The van der Waals surface area contributed by atoms with Crippen molar-refractivity contribution in [1.29, 1.82) is 0 Å². The molecule has 142 valence electrons. The van der Waals surface area contributed by atoms with Gasteiger partial charge in [-0.1, -0.05) is 79.1 Å². The van der Waals surface area contributed by atoms with E-state index in [9.17, 15) is 0 Å². The van der Waals surface area contributed by atoms with Gasteiger partial charge in [0.25, 0.3) is 0 Å². The molecule has 0 saturated heterocycles. The molecule has 3 nitrogen and oxygen atoms in total. The van der Waals surface area contributed by atoms with Crippen LogP contribution in [0.3, 0.4) is 0 Å². The predicted molar refractivity (Wildman–Crippen MR) is 113 cm³/mol. The number of aromatic nitrogens is 2. The van der Waals surface area contributed by atoms with Crippen molar-refractivity contribution in [2.24, 2.45) is 7.05 Å². The van der Waals surface area contributed by atoms with Gasteiger partial charge in [-0.05, 0) is 29.7 Å². The van der Waals surface area contributed by atoms with E-state index in [0.717, 1.165) is 21.3 Å². The Bertz CT molecular complexity index is 890. The maximum atomic E-state index is 6.14. The van der Waals surface area contributed by atoms with Crippen molar-refractivity contribution in [1.82, 2.24) is 9.55 Å². The fourth-order valence-electron chi connectivity index (χ4n) is 2.90. The molecule has 6 heteroatoms. The van der Waals surface area contributed by atoms with Crippen LogP contribution in [0.2, 0.25) is 10.0 Å². The Morgan fingerprint density at radius 2 is 1.70 bits per heavy atom. The highest BCUT2D eigenvalue weighted by atomic mass is 35.5. The maximum absolute atomic E-state index is 6.14. The lowest BCUT2D eigenvalue weighted by atomic mass is 10.1. The number of hydrogen-bond acceptors (Lipinski definition) is 3. The third kappa shape index (κ3) is 5.29. The number of rotatable bonds is 7. The fraction of sp³-hybridized carbons (Fsp3) is 0.286. The zero-order valence-corrected chi connectivity index (χ0v) is 17.9. The molecule has 0 unspecified atom stereocenters. The van der Waals surface area contributed by atoms with Gasteiger partial charge in [-0.15, -0.1) is 0 Å². The second-order valence-electron chi connectivity index (χ2n) is 6.62. The number of nitrogens with zero attached hydrogens (tertiary/aromatic N) is 2. The van der Waals surface area contributed by atoms with Crippen LogP contribution in [-0.2, 0) is 25.0 Å². The molecule has 3 aromatic rings. The summed E-state index contributed by atoms with van der Waals surface area (Å²) < 4.78 is 8.02. The summed E-state index contributed by atoms with van der Waals surface area (Å²) in [4.78, 5) is 5.81. The van der Waals surface area contributed by atoms with Crippen molar-refractivity contribution in [3.05, 3.63) is 75.7 Å². The number of halogens is 2. The molecular weight excluding hydrogens is 399 g/mol. The third-order valence-corrected chi connectivity index (χ3v) is 5.54. The highest BCUT2D eigenvalue weighted by molar-refractivity contribution is 7.99. The van der Waals surface area contributed by atoms with Crippen LogP contribution in [-0.4, -0.2) is 9.55 Å². The monoisotopic (exact) mass is 420 g/mol. The molecule has 0 atom stereocenters. The molecule has 0 aliphatic heterocycles. The lowest BCUT2D eigenvalue weighted by Gasteiger charge is -2.11. The lowest BCUT2D eigenvalue weighted by molar-refractivity contribution is 0.0997. The summed E-state index contributed by atoms with van der Waals surface area (Å²) in [5.74, 6) is 1.24. The molecule has 0 spiro atoms. The van der Waals surface area contributed by atoms with Gasteiger partial charge in [-0.25, -0.2) is 4.98 Å². The van der Waals surface area contributed by atoms with Gasteiger partial charge in [0.1, 0.15) is 17.5 Å². The van der Waals surface area contributed by atoms with Gasteiger partial charge in [0.2, 0.25) is 0 Å². The maximum Gasteiger partial charge on any atom is 0.136 e. The molecule has 1 aromatic heterocycles. The van der Waals surface area contributed by atoms with Crippen molar-refractivity contribution in [3.63, 3.8) is 0 Å². The summed E-state index contributed by atoms with van der Waals surface area (Å²) >= 11 is 13.9. The summed E-state index contributed by atoms with van der Waals surface area (Å²) in [6.07, 6.45) is 0. The van der Waals surface area contributed by atoms with Gasteiger partial charge in [0, 0.05) is 22.0 Å². The minimum absolute atomic E-state index is 0.336. The van der Waals surface area contributed by atoms with E-state index < -0.39 is 0 Å². The minimum atomic E-state index is 0.336. The number of ether oxygens (including phenoxy) is 1. The van der Waals surface area contributed by atoms with Crippen LogP contribution < -0.4 is 0 Å². The third-order valence-electron chi connectivity index (χ3n) is 4.14. The Morgan fingerprint density at radius 1 is 1.04 bits per heavy atom. The highest BCUT2D eigenvalue weighted by Gasteiger charge is 2.19. The summed E-state index contributed by atoms with van der Waals surface area (Å²) in [7, 11) is 2.04. The van der Waals surface area contributed by atoms with Crippen LogP contribution in [0, 0.1) is 0 Å². The number of benzene rings is 2. The summed E-state index contributed by atoms with van der Waals surface area (Å²) in [6, 6.07) is 15.7. The summed E-state index contributed by atoms with van der Waals surface area (Å²) in [6.45, 7) is 5.36. The van der Waals surface area contributed by atoms with Crippen LogP contribution in [0.5, 0.6) is 0 Å². The molecule has 0 radical (unpaired) electrons. The average molecular weight is 421 g/mol. The van der Waals surface area contributed by atoms with Crippen LogP contribution in [0.15, 0.2) is 58.5 Å². The molecule has 3 rings (SSSR count). The molecular formula is C21H22Cl2N2OS. The molecule has 0 aliphatic rings. The Labute approximate surface area is 174 Å². The summed E-state index contributed by atoms with van der Waals surface area (Å²) in [5, 5.41) is 2.21. The molecule has 0 saturated carbocycles. The van der Waals surface area contributed by atoms with E-state index in [0.29, 0.717) is 29.2 Å². The van der Waals surface area contributed by atoms with Crippen LogP contribution in [0.25, 0.3) is 0 Å². The van der Waals surface area contributed by atoms with Gasteiger partial charge in [0.15, 0.2) is 0 Å². The van der Waals surface area contributed by atoms with Crippen molar-refractivity contribution in [2.45, 2.75) is 42.9 Å². The van der Waals surface area contributed by atoms with E-state index in [1.54, 1.807) is 17.8 Å². The molecule has 2 aromatic carbocycles. The van der Waals surface area contributed by atoms with E-state index in [4.69, 9.17) is 32.9 Å². The Morgan fingerprint density at radius 3 is 2.33 bits per heavy atom. The SMILES string of the molecule is CC(C)c1c(Sc2cc(Cl)cc(Cl)c2)nc(COCc2ccccc2)n1C. The summed E-state index contributed by atoms with van der Waals surface area (Å²) in [5.41, 5.74) is 2.33. The predicted octanol–water partition coefficient (Wildman–Crippen LogP) is 6.72. The van der Waals surface area contributed by atoms with E-state index in [1.165, 1.54) is 5.69 Å². The first-order chi connectivity index (χ1) is 12.9. The van der Waals surface area contributed by atoms with Crippen LogP contribution in [0.1, 0.15) is 36.8 Å². The first-order valence-corrected chi connectivity index (χ1v) is 10.3. The van der Waals surface area contributed by atoms with E-state index in [2.05, 4.69) is 30.5 Å². The van der Waals surface area contributed by atoms with E-state index in [-0.39, 0.29) is 0 Å². The molecule has 0 N–H and O–H groups in total. The van der Waals surface area contributed by atoms with Crippen molar-refractivity contribution in [2.75, 3.05) is 0 Å². The Balaban J connectivity index is 1.78. The van der Waals surface area contributed by atoms with Gasteiger partial charge in [0.05, 0.1) is 12.3 Å². The first kappa shape index (κ1) is 20.3. The smallest absolute Gasteiger partial charge is 0.136 e. The zero-order chi connectivity index (χ0) is 19.4. The van der Waals surface area contributed by atoms with Crippen LogP contribution in [0.4, 0.5) is 0 Å². The number of imidazole rings is 1. The minimum Gasteiger partial charge on any atom is -0.369 e. The van der Waals surface area contributed by atoms with Gasteiger partial charge in [-0.2, -0.15) is 0 Å². The largest absolute Gasteiger partial charge is 0.369 e. The fourth-order valence-corrected chi connectivity index (χ4v) is 4.78. The standard InChI is InChI=1S/C21H22Cl2N2OS/c1-14(2)20-21(27-18-10-16(22)9-17(23)11-18)24-19(25(20)3)13-26-12-15-7-5-4-6-8-15/h4-11,14H,12-13H2,1-3H3. The molecule has 0 fully saturated rings. The molecule has 27 heavy (non-hydrogen) atoms.